The van der Waals surface area contributed by atoms with E-state index in [4.69, 9.17) is 4.98 Å². The van der Waals surface area contributed by atoms with Gasteiger partial charge >= 0.3 is 0 Å². The van der Waals surface area contributed by atoms with Crippen molar-refractivity contribution in [2.45, 2.75) is 77.9 Å². The zero-order valence-corrected chi connectivity index (χ0v) is 23.5. The Labute approximate surface area is 223 Å². The van der Waals surface area contributed by atoms with Crippen molar-refractivity contribution in [1.29, 1.82) is 0 Å². The summed E-state index contributed by atoms with van der Waals surface area (Å²) < 4.78 is 0. The zero-order chi connectivity index (χ0) is 23.8. The first-order chi connectivity index (χ1) is 16.4. The van der Waals surface area contributed by atoms with Gasteiger partial charge in [-0.1, -0.05) is 63.8 Å². The molecule has 0 saturated heterocycles. The van der Waals surface area contributed by atoms with E-state index in [1.54, 1.807) is 0 Å². The quantitative estimate of drug-likeness (QED) is 0.309. The number of hydrogen-bond acceptors (Lipinski definition) is 3. The van der Waals surface area contributed by atoms with Crippen LogP contribution in [0.5, 0.6) is 0 Å². The molecule has 35 heavy (non-hydrogen) atoms. The zero-order valence-electron chi connectivity index (χ0n) is 21.1. The van der Waals surface area contributed by atoms with E-state index >= 15 is 0 Å². The largest absolute Gasteiger partial charge is 0.393 e. The molecule has 3 nitrogen and oxygen atoms in total. The fourth-order valence-corrected chi connectivity index (χ4v) is 6.99. The SMILES string of the molecule is Cc1[c-]c(-c2ccc3c(C)cccc3n2)cc(C)c1.OC1CCC2CC(C3CCCC3)C(O)C12.[Ir]. The van der Waals surface area contributed by atoms with Crippen LogP contribution in [0, 0.1) is 50.5 Å². The third-order valence-corrected chi connectivity index (χ3v) is 8.61. The Bertz CT molecular complexity index is 1140. The van der Waals surface area contributed by atoms with Gasteiger partial charge in [-0.2, -0.15) is 0 Å². The molecule has 2 N–H and O–H groups in total. The summed E-state index contributed by atoms with van der Waals surface area (Å²) in [5, 5.41) is 21.4. The van der Waals surface area contributed by atoms with Crippen LogP contribution in [0.1, 0.15) is 61.6 Å². The number of pyridine rings is 1. The second-order valence-corrected chi connectivity index (χ2v) is 11.0. The van der Waals surface area contributed by atoms with Gasteiger partial charge in [0.2, 0.25) is 0 Å². The second kappa shape index (κ2) is 11.2. The van der Waals surface area contributed by atoms with Crippen LogP contribution in [0.4, 0.5) is 0 Å². The summed E-state index contributed by atoms with van der Waals surface area (Å²) in [7, 11) is 0. The minimum atomic E-state index is -0.212. The maximum Gasteiger partial charge on any atom is 0.0626 e. The van der Waals surface area contributed by atoms with E-state index in [0.29, 0.717) is 11.8 Å². The van der Waals surface area contributed by atoms with Gasteiger partial charge in [0.15, 0.2) is 0 Å². The summed E-state index contributed by atoms with van der Waals surface area (Å²) in [5.41, 5.74) is 6.77. The molecule has 5 unspecified atom stereocenters. The average molecular weight is 649 g/mol. The van der Waals surface area contributed by atoms with Gasteiger partial charge in [-0.05, 0) is 61.3 Å². The van der Waals surface area contributed by atoms with Gasteiger partial charge in [-0.25, -0.2) is 0 Å². The minimum absolute atomic E-state index is 0. The summed E-state index contributed by atoms with van der Waals surface area (Å²) in [6.45, 7) is 6.30. The second-order valence-electron chi connectivity index (χ2n) is 11.0. The van der Waals surface area contributed by atoms with Crippen molar-refractivity contribution in [2.75, 3.05) is 0 Å². The Morgan fingerprint density at radius 2 is 1.66 bits per heavy atom. The van der Waals surface area contributed by atoms with Crippen LogP contribution < -0.4 is 0 Å². The third-order valence-electron chi connectivity index (χ3n) is 8.61. The molecule has 3 saturated carbocycles. The summed E-state index contributed by atoms with van der Waals surface area (Å²) in [4.78, 5) is 4.76. The van der Waals surface area contributed by atoms with E-state index in [2.05, 4.69) is 69.3 Å². The van der Waals surface area contributed by atoms with Crippen molar-refractivity contribution in [2.24, 2.45) is 23.7 Å². The third kappa shape index (κ3) is 5.57. The van der Waals surface area contributed by atoms with Crippen LogP contribution in [0.3, 0.4) is 0 Å². The van der Waals surface area contributed by atoms with Crippen LogP contribution in [0.15, 0.2) is 42.5 Å². The average Bonchev–Trinajstić information content (AvgIpc) is 3.53. The van der Waals surface area contributed by atoms with Crippen molar-refractivity contribution < 1.29 is 30.3 Å². The number of aliphatic hydroxyl groups is 2. The van der Waals surface area contributed by atoms with Gasteiger partial charge in [0, 0.05) is 31.4 Å². The van der Waals surface area contributed by atoms with Crippen LogP contribution in [0.2, 0.25) is 0 Å². The van der Waals surface area contributed by atoms with E-state index in [0.717, 1.165) is 41.1 Å². The van der Waals surface area contributed by atoms with Crippen LogP contribution in [0.25, 0.3) is 22.2 Å². The molecule has 3 aliphatic carbocycles. The molecular weight excluding hydrogens is 611 g/mol. The van der Waals surface area contributed by atoms with Gasteiger partial charge in [0.1, 0.15) is 0 Å². The number of nitrogens with zero attached hydrogens (tertiary/aromatic N) is 1. The maximum absolute atomic E-state index is 10.3. The molecule has 1 radical (unpaired) electrons. The monoisotopic (exact) mass is 649 g/mol. The summed E-state index contributed by atoms with van der Waals surface area (Å²) in [6.07, 6.45) is 8.18. The molecule has 2 aromatic carbocycles. The van der Waals surface area contributed by atoms with Gasteiger partial charge in [-0.3, -0.25) is 4.98 Å². The molecule has 6 rings (SSSR count). The van der Waals surface area contributed by atoms with Crippen molar-refractivity contribution in [3.8, 4) is 11.3 Å². The smallest absolute Gasteiger partial charge is 0.0626 e. The number of benzene rings is 2. The van der Waals surface area contributed by atoms with Gasteiger partial charge in [0.05, 0.1) is 17.7 Å². The number of fused-ring (bicyclic) bond motifs is 2. The first-order valence-corrected chi connectivity index (χ1v) is 13.1. The Kier molecular flexibility index (Phi) is 8.49. The van der Waals surface area contributed by atoms with Crippen molar-refractivity contribution in [3.63, 3.8) is 0 Å². The van der Waals surface area contributed by atoms with Gasteiger partial charge in [-0.15, -0.1) is 34.9 Å². The predicted octanol–water partition coefficient (Wildman–Crippen LogP) is 6.57. The summed E-state index contributed by atoms with van der Waals surface area (Å²) >= 11 is 0. The fraction of sp³-hybridized carbons (Fsp3) is 0.516. The van der Waals surface area contributed by atoms with E-state index in [1.165, 1.54) is 48.6 Å². The fourth-order valence-electron chi connectivity index (χ4n) is 6.99. The molecule has 3 aromatic rings. The van der Waals surface area contributed by atoms with Crippen LogP contribution in [-0.2, 0) is 20.1 Å². The number of aryl methyl sites for hydroxylation is 3. The molecule has 0 spiro atoms. The van der Waals surface area contributed by atoms with Crippen LogP contribution in [-0.4, -0.2) is 27.4 Å². The van der Waals surface area contributed by atoms with Crippen LogP contribution >= 0.6 is 0 Å². The van der Waals surface area contributed by atoms with Gasteiger partial charge < -0.3 is 10.2 Å². The molecule has 0 amide bonds. The number of aliphatic hydroxyl groups excluding tert-OH is 2. The maximum atomic E-state index is 10.3. The van der Waals surface area contributed by atoms with Crippen molar-refractivity contribution in [3.05, 3.63) is 65.2 Å². The summed E-state index contributed by atoms with van der Waals surface area (Å²) in [6, 6.07) is 18.1. The van der Waals surface area contributed by atoms with E-state index in [1.807, 2.05) is 0 Å². The topological polar surface area (TPSA) is 53.4 Å². The molecule has 0 aliphatic heterocycles. The molecule has 189 valence electrons. The van der Waals surface area contributed by atoms with E-state index in [-0.39, 0.29) is 38.2 Å². The molecule has 1 heterocycles. The number of hydrogen-bond donors (Lipinski definition) is 2. The molecule has 3 fully saturated rings. The molecule has 0 bridgehead atoms. The Morgan fingerprint density at radius 1 is 0.886 bits per heavy atom. The predicted molar refractivity (Wildman–Crippen MR) is 139 cm³/mol. The molecule has 3 aliphatic rings. The first-order valence-electron chi connectivity index (χ1n) is 13.1. The molecular formula is C31H38IrNO2-. The van der Waals surface area contributed by atoms with Crippen molar-refractivity contribution in [1.82, 2.24) is 4.98 Å². The standard InChI is InChI=1S/C18H16N.C13H22O2.Ir/c1-12-9-13(2)11-15(10-12)17-8-7-16-14(3)5-4-6-18(16)19-17;14-11-6-5-9-7-10(13(15)12(9)11)8-3-1-2-4-8;/h4-10H,1-3H3;8-15H,1-7H2;/q-1;;. The Hall–Kier alpha value is -1.58. The van der Waals surface area contributed by atoms with Gasteiger partial charge in [0.25, 0.3) is 0 Å². The summed E-state index contributed by atoms with van der Waals surface area (Å²) in [5.74, 6) is 2.12. The normalized spacial score (nSPS) is 27.9. The molecule has 4 heteroatoms. The molecule has 1 aromatic heterocycles. The molecule has 5 atom stereocenters. The Balaban J connectivity index is 0.000000164. The van der Waals surface area contributed by atoms with E-state index < -0.39 is 0 Å². The Morgan fingerprint density at radius 3 is 2.37 bits per heavy atom. The van der Waals surface area contributed by atoms with E-state index in [9.17, 15) is 10.2 Å². The first kappa shape index (κ1) is 26.5. The number of rotatable bonds is 2. The minimum Gasteiger partial charge on any atom is -0.393 e. The van der Waals surface area contributed by atoms with Crippen molar-refractivity contribution >= 4 is 10.9 Å². The number of aromatic nitrogens is 1.